The van der Waals surface area contributed by atoms with Crippen LogP contribution in [0.3, 0.4) is 0 Å². The Balaban J connectivity index is 2.60. The second-order valence-corrected chi connectivity index (χ2v) is 4.46. The summed E-state index contributed by atoms with van der Waals surface area (Å²) < 4.78 is 0. The van der Waals surface area contributed by atoms with Gasteiger partial charge in [0.1, 0.15) is 0 Å². The van der Waals surface area contributed by atoms with E-state index in [2.05, 4.69) is 31.2 Å². The summed E-state index contributed by atoms with van der Waals surface area (Å²) in [6.45, 7) is 2.22. The molecule has 0 aliphatic rings. The molecule has 0 nitrogen and oxygen atoms in total. The maximum atomic E-state index is 5.74. The van der Waals surface area contributed by atoms with E-state index in [1.807, 2.05) is 0 Å². The quantitative estimate of drug-likeness (QED) is 0.513. The monoisotopic (exact) mass is 196 g/mol. The van der Waals surface area contributed by atoms with E-state index in [4.69, 9.17) is 11.6 Å². The highest BCUT2D eigenvalue weighted by atomic mass is 35.5. The third kappa shape index (κ3) is 3.00. The number of halogens is 1. The number of rotatable bonds is 4. The van der Waals surface area contributed by atoms with E-state index in [0.717, 1.165) is 9.52 Å². The molecule has 1 aromatic rings. The third-order valence-electron chi connectivity index (χ3n) is 1.66. The van der Waals surface area contributed by atoms with Gasteiger partial charge in [-0.3, -0.25) is 0 Å². The smallest absolute Gasteiger partial charge is 0.0807 e. The Morgan fingerprint density at radius 2 is 2.25 bits per heavy atom. The average molecular weight is 197 g/mol. The molecule has 64 valence electrons. The summed E-state index contributed by atoms with van der Waals surface area (Å²) in [6.07, 6.45) is 1.27. The molecule has 1 aromatic carbocycles. The molecule has 0 unspecified atom stereocenters. The van der Waals surface area contributed by atoms with Crippen molar-refractivity contribution in [1.29, 1.82) is 0 Å². The summed E-state index contributed by atoms with van der Waals surface area (Å²) in [5.74, 6) is 0.629. The fraction of sp³-hybridized carbons (Fsp3) is 0.400. The number of hydrogen-bond acceptors (Lipinski definition) is 0. The van der Waals surface area contributed by atoms with Crippen LogP contribution < -0.4 is 5.19 Å². The van der Waals surface area contributed by atoms with E-state index in [1.54, 1.807) is 0 Å². The minimum atomic E-state index is 0.629. The lowest BCUT2D eigenvalue weighted by Crippen LogP contribution is -2.13. The van der Waals surface area contributed by atoms with E-state index in [1.165, 1.54) is 23.2 Å². The molecule has 0 amide bonds. The first-order chi connectivity index (χ1) is 5.86. The van der Waals surface area contributed by atoms with Crippen molar-refractivity contribution in [3.05, 3.63) is 29.8 Å². The van der Waals surface area contributed by atoms with Crippen molar-refractivity contribution in [2.75, 3.05) is 0 Å². The van der Waals surface area contributed by atoms with Crippen LogP contribution in [0.15, 0.2) is 24.3 Å². The van der Waals surface area contributed by atoms with Gasteiger partial charge >= 0.3 is 0 Å². The topological polar surface area (TPSA) is 0 Å². The van der Waals surface area contributed by atoms with Gasteiger partial charge in [-0.15, -0.1) is 11.6 Å². The molecule has 0 bridgehead atoms. The van der Waals surface area contributed by atoms with Crippen molar-refractivity contribution in [3.8, 4) is 0 Å². The lowest BCUT2D eigenvalue weighted by molar-refractivity contribution is 1.08. The van der Waals surface area contributed by atoms with Crippen LogP contribution >= 0.6 is 11.6 Å². The van der Waals surface area contributed by atoms with E-state index >= 15 is 0 Å². The Labute approximate surface area is 81.8 Å². The van der Waals surface area contributed by atoms with Crippen LogP contribution in [0, 0.1) is 0 Å². The van der Waals surface area contributed by atoms with E-state index < -0.39 is 0 Å². The maximum Gasteiger partial charge on any atom is 0.0807 e. The van der Waals surface area contributed by atoms with Gasteiger partial charge < -0.3 is 0 Å². The molecule has 0 fully saturated rings. The maximum absolute atomic E-state index is 5.74. The number of benzene rings is 1. The molecule has 2 radical (unpaired) electrons. The summed E-state index contributed by atoms with van der Waals surface area (Å²) in [5.41, 5.74) is 1.23. The summed E-state index contributed by atoms with van der Waals surface area (Å²) >= 11 is 5.74. The standard InChI is InChI=1S/C10H13ClSi/c1-2-6-12-10-5-3-4-9(7-10)8-11/h3-5,7H,2,6,8H2,1H3. The Morgan fingerprint density at radius 1 is 1.42 bits per heavy atom. The first kappa shape index (κ1) is 9.81. The van der Waals surface area contributed by atoms with Gasteiger partial charge in [0.15, 0.2) is 0 Å². The number of alkyl halides is 1. The fourth-order valence-electron chi connectivity index (χ4n) is 1.03. The highest BCUT2D eigenvalue weighted by molar-refractivity contribution is 6.53. The van der Waals surface area contributed by atoms with Gasteiger partial charge in [-0.25, -0.2) is 0 Å². The van der Waals surface area contributed by atoms with E-state index in [9.17, 15) is 0 Å². The van der Waals surface area contributed by atoms with Crippen LogP contribution in [-0.4, -0.2) is 9.52 Å². The molecule has 0 aliphatic heterocycles. The normalized spacial score (nSPS) is 10.2. The van der Waals surface area contributed by atoms with Crippen molar-refractivity contribution in [1.82, 2.24) is 0 Å². The molecule has 0 aliphatic carbocycles. The molecular weight excluding hydrogens is 184 g/mol. The van der Waals surface area contributed by atoms with Crippen LogP contribution in [-0.2, 0) is 5.88 Å². The fourth-order valence-corrected chi connectivity index (χ4v) is 2.24. The third-order valence-corrected chi connectivity index (χ3v) is 3.44. The molecular formula is C10H13ClSi. The van der Waals surface area contributed by atoms with Gasteiger partial charge in [-0.2, -0.15) is 0 Å². The van der Waals surface area contributed by atoms with Crippen LogP contribution in [0.25, 0.3) is 0 Å². The van der Waals surface area contributed by atoms with Gasteiger partial charge in [0.05, 0.1) is 9.52 Å². The van der Waals surface area contributed by atoms with Crippen molar-refractivity contribution in [2.45, 2.75) is 25.3 Å². The van der Waals surface area contributed by atoms with Gasteiger partial charge in [0.25, 0.3) is 0 Å². The largest absolute Gasteiger partial charge is 0.122 e. The Kier molecular flexibility index (Phi) is 4.40. The summed E-state index contributed by atoms with van der Waals surface area (Å²) in [6, 6.07) is 9.86. The highest BCUT2D eigenvalue weighted by Gasteiger charge is 1.94. The van der Waals surface area contributed by atoms with Crippen LogP contribution in [0.1, 0.15) is 18.9 Å². The van der Waals surface area contributed by atoms with Crippen molar-refractivity contribution >= 4 is 26.3 Å². The molecule has 12 heavy (non-hydrogen) atoms. The van der Waals surface area contributed by atoms with Gasteiger partial charge in [0, 0.05) is 5.88 Å². The van der Waals surface area contributed by atoms with E-state index in [-0.39, 0.29) is 0 Å². The lowest BCUT2D eigenvalue weighted by atomic mass is 10.2. The SMILES string of the molecule is CCC[Si]c1cccc(CCl)c1. The predicted molar refractivity (Wildman–Crippen MR) is 56.5 cm³/mol. The molecule has 0 saturated heterocycles. The minimum absolute atomic E-state index is 0.629. The zero-order valence-corrected chi connectivity index (χ0v) is 9.06. The highest BCUT2D eigenvalue weighted by Crippen LogP contribution is 2.00. The molecule has 0 N–H and O–H groups in total. The molecule has 0 heterocycles. The zero-order valence-electron chi connectivity index (χ0n) is 7.31. The van der Waals surface area contributed by atoms with Gasteiger partial charge in [-0.05, 0) is 5.56 Å². The first-order valence-corrected chi connectivity index (χ1v) is 5.99. The Bertz CT molecular complexity index is 235. The second-order valence-electron chi connectivity index (χ2n) is 2.76. The summed E-state index contributed by atoms with van der Waals surface area (Å²) in [7, 11) is 0.945. The van der Waals surface area contributed by atoms with Crippen molar-refractivity contribution in [2.24, 2.45) is 0 Å². The van der Waals surface area contributed by atoms with Crippen LogP contribution in [0.2, 0.25) is 6.04 Å². The second kappa shape index (κ2) is 5.39. The molecule has 2 heteroatoms. The van der Waals surface area contributed by atoms with Gasteiger partial charge in [0.2, 0.25) is 0 Å². The average Bonchev–Trinajstić information content (AvgIpc) is 2.15. The Hall–Kier alpha value is -0.273. The molecule has 0 saturated carbocycles. The zero-order chi connectivity index (χ0) is 8.81. The van der Waals surface area contributed by atoms with Crippen LogP contribution in [0.4, 0.5) is 0 Å². The summed E-state index contributed by atoms with van der Waals surface area (Å²) in [4.78, 5) is 0. The van der Waals surface area contributed by atoms with Crippen molar-refractivity contribution in [3.63, 3.8) is 0 Å². The number of hydrogen-bond donors (Lipinski definition) is 0. The van der Waals surface area contributed by atoms with Crippen LogP contribution in [0.5, 0.6) is 0 Å². The Morgan fingerprint density at radius 3 is 2.92 bits per heavy atom. The molecule has 0 atom stereocenters. The van der Waals surface area contributed by atoms with E-state index in [0.29, 0.717) is 5.88 Å². The first-order valence-electron chi connectivity index (χ1n) is 4.25. The molecule has 0 aromatic heterocycles. The predicted octanol–water partition coefficient (Wildman–Crippen LogP) is 2.58. The van der Waals surface area contributed by atoms with Gasteiger partial charge in [-0.1, -0.05) is 48.8 Å². The minimum Gasteiger partial charge on any atom is -0.122 e. The van der Waals surface area contributed by atoms with Crippen molar-refractivity contribution < 1.29 is 0 Å². The summed E-state index contributed by atoms with van der Waals surface area (Å²) in [5, 5.41) is 1.44. The lowest BCUT2D eigenvalue weighted by Gasteiger charge is -2.00. The molecule has 1 rings (SSSR count). The molecule has 0 spiro atoms.